The van der Waals surface area contributed by atoms with Crippen molar-refractivity contribution in [2.45, 2.75) is 6.92 Å². The molecule has 6 nitrogen and oxygen atoms in total. The average Bonchev–Trinajstić information content (AvgIpc) is 2.77. The maximum Gasteiger partial charge on any atom is 0.240 e. The number of aliphatic hydroxyl groups excluding tert-OH is 1. The minimum atomic E-state index is -0.00930. The second-order valence-corrected chi connectivity index (χ2v) is 5.54. The van der Waals surface area contributed by atoms with Gasteiger partial charge >= 0.3 is 0 Å². The van der Waals surface area contributed by atoms with Gasteiger partial charge in [0.05, 0.1) is 18.8 Å². The number of aliphatic hydroxyl groups is 1. The molecule has 7 heteroatoms. The Morgan fingerprint density at radius 1 is 1.42 bits per heavy atom. The molecule has 1 saturated heterocycles. The Balaban J connectivity index is 1.71. The summed E-state index contributed by atoms with van der Waals surface area (Å²) in [5.41, 5.74) is 0.929. The molecule has 19 heavy (non-hydrogen) atoms. The van der Waals surface area contributed by atoms with E-state index in [4.69, 9.17) is 5.11 Å². The molecule has 2 heterocycles. The van der Waals surface area contributed by atoms with Crippen molar-refractivity contribution in [1.82, 2.24) is 14.8 Å². The fourth-order valence-corrected chi connectivity index (χ4v) is 2.79. The van der Waals surface area contributed by atoms with E-state index in [9.17, 15) is 4.79 Å². The molecule has 1 amide bonds. The molecule has 0 aromatic carbocycles. The van der Waals surface area contributed by atoms with Crippen LogP contribution in [0.15, 0.2) is 5.38 Å². The van der Waals surface area contributed by atoms with E-state index in [2.05, 4.69) is 20.1 Å². The van der Waals surface area contributed by atoms with E-state index in [0.29, 0.717) is 11.7 Å². The van der Waals surface area contributed by atoms with Gasteiger partial charge in [0.2, 0.25) is 5.91 Å². The largest absolute Gasteiger partial charge is 0.395 e. The molecular weight excluding hydrogens is 264 g/mol. The Labute approximate surface area is 117 Å². The first-order valence-corrected chi connectivity index (χ1v) is 7.33. The molecule has 0 radical (unpaired) electrons. The summed E-state index contributed by atoms with van der Waals surface area (Å²) < 4.78 is 0. The summed E-state index contributed by atoms with van der Waals surface area (Å²) >= 11 is 1.45. The number of hydrogen-bond donors (Lipinski definition) is 2. The summed E-state index contributed by atoms with van der Waals surface area (Å²) in [6, 6.07) is 0. The minimum Gasteiger partial charge on any atom is -0.395 e. The number of aromatic nitrogens is 1. The van der Waals surface area contributed by atoms with E-state index in [1.807, 2.05) is 12.3 Å². The maximum atomic E-state index is 11.9. The Morgan fingerprint density at radius 2 is 2.11 bits per heavy atom. The highest BCUT2D eigenvalue weighted by Crippen LogP contribution is 2.14. The highest BCUT2D eigenvalue weighted by atomic mass is 32.1. The first-order chi connectivity index (χ1) is 9.17. The average molecular weight is 284 g/mol. The number of carbonyl (C=O) groups excluding carboxylic acids is 1. The monoisotopic (exact) mass is 284 g/mol. The van der Waals surface area contributed by atoms with Crippen LogP contribution in [0.1, 0.15) is 5.69 Å². The van der Waals surface area contributed by atoms with Crippen LogP contribution in [0, 0.1) is 6.92 Å². The number of aryl methyl sites for hydroxylation is 1. The molecule has 0 saturated carbocycles. The number of nitrogens with zero attached hydrogens (tertiary/aromatic N) is 3. The molecule has 1 aromatic rings. The van der Waals surface area contributed by atoms with Crippen LogP contribution >= 0.6 is 11.3 Å². The Bertz CT molecular complexity index is 416. The lowest BCUT2D eigenvalue weighted by Gasteiger charge is -2.33. The number of amides is 1. The summed E-state index contributed by atoms with van der Waals surface area (Å²) in [6.45, 7) is 6.78. The SMILES string of the molecule is Cc1csc(NC(=O)CN2CCN(CCO)CC2)n1. The third-order valence-corrected chi connectivity index (χ3v) is 3.99. The molecule has 1 aliphatic heterocycles. The van der Waals surface area contributed by atoms with Crippen molar-refractivity contribution in [1.29, 1.82) is 0 Å². The zero-order chi connectivity index (χ0) is 13.7. The molecule has 1 aromatic heterocycles. The Morgan fingerprint density at radius 3 is 2.68 bits per heavy atom. The molecular formula is C12H20N4O2S. The Hall–Kier alpha value is -1.02. The number of rotatable bonds is 5. The molecule has 106 valence electrons. The van der Waals surface area contributed by atoms with Gasteiger partial charge in [-0.25, -0.2) is 4.98 Å². The Kier molecular flexibility index (Phi) is 5.26. The predicted molar refractivity (Wildman–Crippen MR) is 75.4 cm³/mol. The maximum absolute atomic E-state index is 11.9. The molecule has 1 fully saturated rings. The normalized spacial score (nSPS) is 17.6. The van der Waals surface area contributed by atoms with Gasteiger partial charge in [-0.2, -0.15) is 0 Å². The number of anilines is 1. The summed E-state index contributed by atoms with van der Waals surface area (Å²) in [5.74, 6) is -0.00930. The topological polar surface area (TPSA) is 68.7 Å². The van der Waals surface area contributed by atoms with E-state index < -0.39 is 0 Å². The number of nitrogens with one attached hydrogen (secondary N) is 1. The van der Waals surface area contributed by atoms with Crippen LogP contribution in [0.5, 0.6) is 0 Å². The van der Waals surface area contributed by atoms with Gasteiger partial charge in [-0.05, 0) is 6.92 Å². The van der Waals surface area contributed by atoms with Crippen molar-refractivity contribution in [2.75, 3.05) is 51.2 Å². The number of carbonyl (C=O) groups is 1. The fourth-order valence-electron chi connectivity index (χ4n) is 2.09. The lowest BCUT2D eigenvalue weighted by Crippen LogP contribution is -2.49. The van der Waals surface area contributed by atoms with E-state index in [1.165, 1.54) is 11.3 Å². The zero-order valence-corrected chi connectivity index (χ0v) is 11.9. The standard InChI is InChI=1S/C12H20N4O2S/c1-10-9-19-12(13-10)14-11(18)8-16-4-2-15(3-5-16)6-7-17/h9,17H,2-8H2,1H3,(H,13,14,18). The van der Waals surface area contributed by atoms with Crippen LogP contribution in [0.3, 0.4) is 0 Å². The van der Waals surface area contributed by atoms with Crippen LogP contribution in [0.2, 0.25) is 0 Å². The number of β-amino-alcohol motifs (C(OH)–C–C–N with tert-alkyl or cyclic N) is 1. The number of thiazole rings is 1. The third-order valence-electron chi connectivity index (χ3n) is 3.11. The minimum absolute atomic E-state index is 0.00930. The molecule has 2 rings (SSSR count). The molecule has 0 atom stereocenters. The highest BCUT2D eigenvalue weighted by molar-refractivity contribution is 7.13. The van der Waals surface area contributed by atoms with E-state index >= 15 is 0 Å². The number of piperazine rings is 1. The second kappa shape index (κ2) is 6.95. The van der Waals surface area contributed by atoms with Crippen LogP contribution in [0.25, 0.3) is 0 Å². The zero-order valence-electron chi connectivity index (χ0n) is 11.1. The summed E-state index contributed by atoms with van der Waals surface area (Å²) in [7, 11) is 0. The lowest BCUT2D eigenvalue weighted by atomic mass is 10.3. The van der Waals surface area contributed by atoms with Gasteiger partial charge in [0.15, 0.2) is 5.13 Å². The van der Waals surface area contributed by atoms with Crippen LogP contribution in [-0.4, -0.2) is 71.7 Å². The van der Waals surface area contributed by atoms with Crippen molar-refractivity contribution < 1.29 is 9.90 Å². The second-order valence-electron chi connectivity index (χ2n) is 4.68. The molecule has 0 bridgehead atoms. The van der Waals surface area contributed by atoms with Gasteiger partial charge < -0.3 is 10.4 Å². The lowest BCUT2D eigenvalue weighted by molar-refractivity contribution is -0.117. The van der Waals surface area contributed by atoms with Gasteiger partial charge in [0.1, 0.15) is 0 Å². The van der Waals surface area contributed by atoms with Crippen molar-refractivity contribution in [3.05, 3.63) is 11.1 Å². The first-order valence-electron chi connectivity index (χ1n) is 6.45. The molecule has 0 unspecified atom stereocenters. The van der Waals surface area contributed by atoms with Gasteiger partial charge in [-0.1, -0.05) is 0 Å². The fraction of sp³-hybridized carbons (Fsp3) is 0.667. The number of hydrogen-bond acceptors (Lipinski definition) is 6. The molecule has 2 N–H and O–H groups in total. The van der Waals surface area contributed by atoms with Crippen molar-refractivity contribution in [3.8, 4) is 0 Å². The highest BCUT2D eigenvalue weighted by Gasteiger charge is 2.18. The third kappa shape index (κ3) is 4.54. The summed E-state index contributed by atoms with van der Waals surface area (Å²) in [6.07, 6.45) is 0. The van der Waals surface area contributed by atoms with Crippen molar-refractivity contribution in [3.63, 3.8) is 0 Å². The quantitative estimate of drug-likeness (QED) is 0.796. The van der Waals surface area contributed by atoms with Crippen molar-refractivity contribution >= 4 is 22.4 Å². The van der Waals surface area contributed by atoms with Gasteiger partial charge in [-0.15, -0.1) is 11.3 Å². The van der Waals surface area contributed by atoms with Crippen molar-refractivity contribution in [2.24, 2.45) is 0 Å². The van der Waals surface area contributed by atoms with E-state index in [0.717, 1.165) is 38.4 Å². The molecule has 0 aliphatic carbocycles. The molecule has 0 spiro atoms. The van der Waals surface area contributed by atoms with Gasteiger partial charge in [-0.3, -0.25) is 14.6 Å². The summed E-state index contributed by atoms with van der Waals surface area (Å²) in [4.78, 5) is 20.4. The molecule has 1 aliphatic rings. The van der Waals surface area contributed by atoms with Crippen LogP contribution in [-0.2, 0) is 4.79 Å². The van der Waals surface area contributed by atoms with Gasteiger partial charge in [0, 0.05) is 38.1 Å². The van der Waals surface area contributed by atoms with E-state index in [-0.39, 0.29) is 12.5 Å². The summed E-state index contributed by atoms with van der Waals surface area (Å²) in [5, 5.41) is 14.3. The smallest absolute Gasteiger partial charge is 0.240 e. The predicted octanol–water partition coefficient (Wildman–Crippen LogP) is -0.0000800. The first kappa shape index (κ1) is 14.4. The van der Waals surface area contributed by atoms with Crippen LogP contribution < -0.4 is 5.32 Å². The van der Waals surface area contributed by atoms with Gasteiger partial charge in [0.25, 0.3) is 0 Å². The van der Waals surface area contributed by atoms with Crippen LogP contribution in [0.4, 0.5) is 5.13 Å². The van der Waals surface area contributed by atoms with E-state index in [1.54, 1.807) is 0 Å².